The fraction of sp³-hybridized carbons (Fsp3) is 0.250. The maximum Gasteiger partial charge on any atom is 0.317 e. The molecule has 0 radical (unpaired) electrons. The SMILES string of the molecule is COC(/N=C(\C)c1cccnc1)=C(/C)C(=O)N=O. The molecular formula is C12H13N3O3. The van der Waals surface area contributed by atoms with E-state index in [2.05, 4.69) is 15.2 Å². The van der Waals surface area contributed by atoms with Gasteiger partial charge in [-0.05, 0) is 19.9 Å². The van der Waals surface area contributed by atoms with E-state index in [0.29, 0.717) is 5.71 Å². The van der Waals surface area contributed by atoms with E-state index in [1.54, 1.807) is 25.4 Å². The molecule has 0 saturated carbocycles. The number of ether oxygens (including phenoxy) is 1. The van der Waals surface area contributed by atoms with Gasteiger partial charge in [0.2, 0.25) is 5.88 Å². The topological polar surface area (TPSA) is 81.0 Å². The Balaban J connectivity index is 3.13. The number of nitroso groups, excluding NO2 is 1. The third-order valence-electron chi connectivity index (χ3n) is 2.27. The third kappa shape index (κ3) is 3.31. The zero-order valence-corrected chi connectivity index (χ0v) is 10.4. The summed E-state index contributed by atoms with van der Waals surface area (Å²) < 4.78 is 4.98. The van der Waals surface area contributed by atoms with Gasteiger partial charge in [-0.3, -0.25) is 9.78 Å². The molecule has 6 nitrogen and oxygen atoms in total. The highest BCUT2D eigenvalue weighted by atomic mass is 16.5. The summed E-state index contributed by atoms with van der Waals surface area (Å²) in [6.45, 7) is 3.19. The van der Waals surface area contributed by atoms with Gasteiger partial charge in [0.05, 0.1) is 18.4 Å². The number of carbonyl (C=O) groups excluding carboxylic acids is 1. The van der Waals surface area contributed by atoms with Crippen molar-refractivity contribution in [3.8, 4) is 0 Å². The Morgan fingerprint density at radius 1 is 1.39 bits per heavy atom. The van der Waals surface area contributed by atoms with Gasteiger partial charge in [0.15, 0.2) is 0 Å². The van der Waals surface area contributed by atoms with Gasteiger partial charge in [-0.15, -0.1) is 4.91 Å². The quantitative estimate of drug-likeness (QED) is 0.353. The molecule has 0 bridgehead atoms. The lowest BCUT2D eigenvalue weighted by molar-refractivity contribution is -0.114. The normalized spacial score (nSPS) is 12.7. The largest absolute Gasteiger partial charge is 0.481 e. The lowest BCUT2D eigenvalue weighted by atomic mass is 10.2. The third-order valence-corrected chi connectivity index (χ3v) is 2.27. The monoisotopic (exact) mass is 247 g/mol. The molecule has 0 aliphatic heterocycles. The number of nitrogens with zero attached hydrogens (tertiary/aromatic N) is 3. The number of amides is 1. The Bertz CT molecular complexity index is 507. The minimum atomic E-state index is -0.894. The molecule has 0 spiro atoms. The van der Waals surface area contributed by atoms with Crippen LogP contribution < -0.4 is 0 Å². The minimum Gasteiger partial charge on any atom is -0.481 e. The molecule has 1 rings (SSSR count). The van der Waals surface area contributed by atoms with Crippen LogP contribution in [0, 0.1) is 4.91 Å². The second-order valence-electron chi connectivity index (χ2n) is 3.47. The molecule has 1 amide bonds. The van der Waals surface area contributed by atoms with Gasteiger partial charge >= 0.3 is 5.91 Å². The van der Waals surface area contributed by atoms with Gasteiger partial charge in [0, 0.05) is 23.1 Å². The second kappa shape index (κ2) is 6.39. The van der Waals surface area contributed by atoms with Crippen LogP contribution in [0.4, 0.5) is 0 Å². The summed E-state index contributed by atoms with van der Waals surface area (Å²) in [5.41, 5.74) is 1.49. The molecule has 0 N–H and O–H groups in total. The molecule has 18 heavy (non-hydrogen) atoms. The van der Waals surface area contributed by atoms with Crippen molar-refractivity contribution in [1.29, 1.82) is 0 Å². The lowest BCUT2D eigenvalue weighted by Gasteiger charge is -2.05. The zero-order chi connectivity index (χ0) is 13.5. The molecule has 0 aliphatic carbocycles. The average Bonchev–Trinajstić information content (AvgIpc) is 2.43. The van der Waals surface area contributed by atoms with E-state index in [4.69, 9.17) is 4.74 Å². The Hall–Kier alpha value is -2.37. The summed E-state index contributed by atoms with van der Waals surface area (Å²) in [4.78, 5) is 29.4. The first-order chi connectivity index (χ1) is 8.60. The van der Waals surface area contributed by atoms with E-state index in [9.17, 15) is 9.70 Å². The highest BCUT2D eigenvalue weighted by molar-refractivity contribution is 6.00. The summed E-state index contributed by atoms with van der Waals surface area (Å²) in [6, 6.07) is 3.60. The number of rotatable bonds is 4. The van der Waals surface area contributed by atoms with Crippen molar-refractivity contribution in [2.24, 2.45) is 10.2 Å². The number of aliphatic imine (C=N–C) groups is 1. The molecular weight excluding hydrogens is 234 g/mol. The molecule has 0 aromatic carbocycles. The van der Waals surface area contributed by atoms with Gasteiger partial charge in [0.25, 0.3) is 0 Å². The molecule has 1 aromatic heterocycles. The molecule has 1 aromatic rings. The van der Waals surface area contributed by atoms with Crippen molar-refractivity contribution in [3.05, 3.63) is 46.5 Å². The Labute approximate surface area is 104 Å². The summed E-state index contributed by atoms with van der Waals surface area (Å²) in [6.07, 6.45) is 3.29. The molecule has 6 heteroatoms. The predicted octanol–water partition coefficient (Wildman–Crippen LogP) is 2.06. The van der Waals surface area contributed by atoms with Crippen LogP contribution in [-0.4, -0.2) is 23.7 Å². The van der Waals surface area contributed by atoms with Crippen molar-refractivity contribution >= 4 is 11.6 Å². The van der Waals surface area contributed by atoms with Gasteiger partial charge in [-0.1, -0.05) is 6.07 Å². The Morgan fingerprint density at radius 2 is 2.11 bits per heavy atom. The fourth-order valence-electron chi connectivity index (χ4n) is 1.24. The highest BCUT2D eigenvalue weighted by Crippen LogP contribution is 2.11. The summed E-state index contributed by atoms with van der Waals surface area (Å²) >= 11 is 0. The van der Waals surface area contributed by atoms with Crippen LogP contribution in [0.5, 0.6) is 0 Å². The van der Waals surface area contributed by atoms with Crippen LogP contribution in [0.25, 0.3) is 0 Å². The Morgan fingerprint density at radius 3 is 2.61 bits per heavy atom. The first-order valence-corrected chi connectivity index (χ1v) is 5.18. The van der Waals surface area contributed by atoms with Crippen LogP contribution in [0.15, 0.2) is 46.2 Å². The first-order valence-electron chi connectivity index (χ1n) is 5.18. The van der Waals surface area contributed by atoms with E-state index >= 15 is 0 Å². The van der Waals surface area contributed by atoms with E-state index < -0.39 is 5.91 Å². The van der Waals surface area contributed by atoms with E-state index in [1.807, 2.05) is 6.07 Å². The minimum absolute atomic E-state index is 0.0655. The molecule has 0 unspecified atom stereocenters. The van der Waals surface area contributed by atoms with Crippen LogP contribution >= 0.6 is 0 Å². The standard InChI is InChI=1S/C12H13N3O3/c1-8(11(16)15-17)12(18-3)14-9(2)10-5-4-6-13-7-10/h4-7H,1-3H3/b12-8-,14-9+. The fourth-order valence-corrected chi connectivity index (χ4v) is 1.24. The predicted molar refractivity (Wildman–Crippen MR) is 67.0 cm³/mol. The van der Waals surface area contributed by atoms with Crippen LogP contribution in [0.3, 0.4) is 0 Å². The van der Waals surface area contributed by atoms with E-state index in [0.717, 1.165) is 5.56 Å². The zero-order valence-electron chi connectivity index (χ0n) is 10.4. The van der Waals surface area contributed by atoms with Crippen LogP contribution in [-0.2, 0) is 9.53 Å². The molecule has 0 atom stereocenters. The van der Waals surface area contributed by atoms with Crippen molar-refractivity contribution in [2.45, 2.75) is 13.8 Å². The van der Waals surface area contributed by atoms with Crippen molar-refractivity contribution in [3.63, 3.8) is 0 Å². The van der Waals surface area contributed by atoms with Gasteiger partial charge in [0.1, 0.15) is 0 Å². The first kappa shape index (κ1) is 13.7. The average molecular weight is 247 g/mol. The van der Waals surface area contributed by atoms with Crippen molar-refractivity contribution < 1.29 is 9.53 Å². The van der Waals surface area contributed by atoms with Crippen LogP contribution in [0.1, 0.15) is 19.4 Å². The molecule has 0 fully saturated rings. The number of hydrogen-bond acceptors (Lipinski definition) is 5. The lowest BCUT2D eigenvalue weighted by Crippen LogP contribution is -2.03. The van der Waals surface area contributed by atoms with Gasteiger partial charge in [-0.25, -0.2) is 4.99 Å². The van der Waals surface area contributed by atoms with E-state index in [1.165, 1.54) is 14.0 Å². The number of methoxy groups -OCH3 is 1. The molecule has 0 saturated heterocycles. The number of hydrogen-bond donors (Lipinski definition) is 0. The highest BCUT2D eigenvalue weighted by Gasteiger charge is 2.12. The van der Waals surface area contributed by atoms with Crippen molar-refractivity contribution in [2.75, 3.05) is 7.11 Å². The van der Waals surface area contributed by atoms with Crippen molar-refractivity contribution in [1.82, 2.24) is 4.98 Å². The molecule has 0 aliphatic rings. The molecule has 94 valence electrons. The van der Waals surface area contributed by atoms with Crippen LogP contribution in [0.2, 0.25) is 0 Å². The summed E-state index contributed by atoms with van der Waals surface area (Å²) in [5, 5.41) is 2.33. The van der Waals surface area contributed by atoms with Gasteiger partial charge in [-0.2, -0.15) is 0 Å². The maximum atomic E-state index is 11.1. The van der Waals surface area contributed by atoms with Gasteiger partial charge < -0.3 is 4.74 Å². The van der Waals surface area contributed by atoms with E-state index in [-0.39, 0.29) is 11.5 Å². The summed E-state index contributed by atoms with van der Waals surface area (Å²) in [5.74, 6) is -0.824. The number of aromatic nitrogens is 1. The number of pyridine rings is 1. The summed E-state index contributed by atoms with van der Waals surface area (Å²) in [7, 11) is 1.37. The molecule has 1 heterocycles. The maximum absolute atomic E-state index is 11.1. The second-order valence-corrected chi connectivity index (χ2v) is 3.47. The Kier molecular flexibility index (Phi) is 4.86. The number of carbonyl (C=O) groups is 1. The smallest absolute Gasteiger partial charge is 0.317 e.